The molecule has 40 heavy (non-hydrogen) atoms. The van der Waals surface area contributed by atoms with Crippen molar-refractivity contribution in [2.24, 2.45) is 5.73 Å². The largest absolute Gasteiger partial charge is 2.00 e. The minimum absolute atomic E-state index is 0. The predicted octanol–water partition coefficient (Wildman–Crippen LogP) is 0.920. The van der Waals surface area contributed by atoms with Crippen LogP contribution in [0.2, 0.25) is 0 Å². The Hall–Kier alpha value is -2.29. The maximum Gasteiger partial charge on any atom is 2.00 e. The molecule has 0 heterocycles. The molecule has 15 heteroatoms. The number of hydroxylamine groups is 6. The third-order valence-corrected chi connectivity index (χ3v) is 5.88. The van der Waals surface area contributed by atoms with Crippen molar-refractivity contribution < 1.29 is 56.7 Å². The molecule has 0 saturated heterocycles. The van der Waals surface area contributed by atoms with Crippen molar-refractivity contribution >= 4 is 29.5 Å². The van der Waals surface area contributed by atoms with E-state index in [1.165, 1.54) is 6.92 Å². The fourth-order valence-corrected chi connectivity index (χ4v) is 3.45. The molecular weight excluding hydrogens is 567 g/mol. The summed E-state index contributed by atoms with van der Waals surface area (Å²) in [6, 6.07) is 0. The maximum atomic E-state index is 12.0. The van der Waals surface area contributed by atoms with E-state index in [0.29, 0.717) is 73.3 Å². The number of amides is 5. The molecule has 0 aliphatic heterocycles. The monoisotopic (exact) mass is 615 g/mol. The van der Waals surface area contributed by atoms with Crippen LogP contribution >= 0.6 is 0 Å². The van der Waals surface area contributed by atoms with Crippen molar-refractivity contribution in [1.82, 2.24) is 25.8 Å². The first-order valence-corrected chi connectivity index (χ1v) is 13.8. The fourth-order valence-electron chi connectivity index (χ4n) is 3.45. The smallest absolute Gasteiger partial charge is 0.356 e. The predicted molar refractivity (Wildman–Crippen MR) is 141 cm³/mol. The molecule has 0 saturated carbocycles. The second kappa shape index (κ2) is 25.7. The molecule has 5 amide bonds. The SMILES string of the molecule is CC(=O)N(O)CCCCCNC(=O)CCC(=O)N(O)CCCCCNC(=O)CCC(=O)N(O)CCCCCN.[Mn+2]. The third kappa shape index (κ3) is 22.5. The molecule has 0 spiro atoms. The van der Waals surface area contributed by atoms with Gasteiger partial charge in [0.25, 0.3) is 0 Å². The fraction of sp³-hybridized carbons (Fsp3) is 0.800. The van der Waals surface area contributed by atoms with E-state index in [1.54, 1.807) is 0 Å². The zero-order valence-corrected chi connectivity index (χ0v) is 24.8. The van der Waals surface area contributed by atoms with Gasteiger partial charge in [-0.3, -0.25) is 39.6 Å². The van der Waals surface area contributed by atoms with Crippen LogP contribution in [0.1, 0.15) is 90.4 Å². The van der Waals surface area contributed by atoms with Crippen molar-refractivity contribution in [3.05, 3.63) is 0 Å². The Balaban J connectivity index is 0. The summed E-state index contributed by atoms with van der Waals surface area (Å²) in [5, 5.41) is 36.1. The Labute approximate surface area is 247 Å². The first-order valence-electron chi connectivity index (χ1n) is 13.8. The Morgan fingerprint density at radius 2 is 0.950 bits per heavy atom. The summed E-state index contributed by atoms with van der Waals surface area (Å²) < 4.78 is 0. The first kappa shape index (κ1) is 39.9. The summed E-state index contributed by atoms with van der Waals surface area (Å²) in [5.41, 5.74) is 5.39. The molecule has 0 rings (SSSR count). The molecule has 0 fully saturated rings. The van der Waals surface area contributed by atoms with Crippen LogP contribution in [0.25, 0.3) is 0 Å². The molecule has 0 unspecified atom stereocenters. The second-order valence-electron chi connectivity index (χ2n) is 9.35. The topological polar surface area (TPSA) is 206 Å². The van der Waals surface area contributed by atoms with Crippen LogP contribution in [-0.4, -0.2) is 99.6 Å². The first-order chi connectivity index (χ1) is 18.6. The number of carbonyl (C=O) groups excluding carboxylic acids is 5. The van der Waals surface area contributed by atoms with Gasteiger partial charge in [0.15, 0.2) is 0 Å². The van der Waals surface area contributed by atoms with Crippen LogP contribution in [0.4, 0.5) is 0 Å². The summed E-state index contributed by atoms with van der Waals surface area (Å²) in [6.45, 7) is 3.22. The van der Waals surface area contributed by atoms with Crippen LogP contribution in [-0.2, 0) is 41.0 Å². The number of nitrogens with zero attached hydrogens (tertiary/aromatic N) is 3. The number of carbonyl (C=O) groups is 5. The van der Waals surface area contributed by atoms with Crippen molar-refractivity contribution in [3.63, 3.8) is 0 Å². The minimum Gasteiger partial charge on any atom is -0.356 e. The van der Waals surface area contributed by atoms with Gasteiger partial charge in [-0.1, -0.05) is 6.42 Å². The van der Waals surface area contributed by atoms with E-state index >= 15 is 0 Å². The quantitative estimate of drug-likeness (QED) is 0.0418. The van der Waals surface area contributed by atoms with Gasteiger partial charge in [-0.25, -0.2) is 15.2 Å². The number of rotatable bonds is 23. The van der Waals surface area contributed by atoms with Crippen LogP contribution in [0.3, 0.4) is 0 Å². The van der Waals surface area contributed by atoms with E-state index in [4.69, 9.17) is 5.73 Å². The Bertz CT molecular complexity index is 746. The Morgan fingerprint density at radius 3 is 1.32 bits per heavy atom. The molecular formula is C25H48MnN6O8+2. The molecule has 1 radical (unpaired) electrons. The maximum absolute atomic E-state index is 12.0. The van der Waals surface area contributed by atoms with Crippen molar-refractivity contribution in [2.45, 2.75) is 90.4 Å². The van der Waals surface area contributed by atoms with E-state index in [1.807, 2.05) is 0 Å². The van der Waals surface area contributed by atoms with Gasteiger partial charge >= 0.3 is 17.1 Å². The van der Waals surface area contributed by atoms with Gasteiger partial charge < -0.3 is 16.4 Å². The normalized spacial score (nSPS) is 10.3. The molecule has 0 aromatic rings. The number of hydrogen-bond donors (Lipinski definition) is 6. The molecule has 0 aliphatic carbocycles. The van der Waals surface area contributed by atoms with Crippen molar-refractivity contribution in [2.75, 3.05) is 39.3 Å². The van der Waals surface area contributed by atoms with Gasteiger partial charge in [0, 0.05) is 65.3 Å². The van der Waals surface area contributed by atoms with Crippen LogP contribution < -0.4 is 16.4 Å². The van der Waals surface area contributed by atoms with Gasteiger partial charge in [-0.2, -0.15) is 0 Å². The number of nitrogens with one attached hydrogen (secondary N) is 2. The summed E-state index contributed by atoms with van der Waals surface area (Å²) in [4.78, 5) is 58.4. The van der Waals surface area contributed by atoms with Crippen LogP contribution in [0, 0.1) is 0 Å². The summed E-state index contributed by atoms with van der Waals surface area (Å²) in [6.07, 6.45) is 5.84. The average Bonchev–Trinajstić information content (AvgIpc) is 2.91. The second-order valence-corrected chi connectivity index (χ2v) is 9.35. The van der Waals surface area contributed by atoms with E-state index < -0.39 is 17.7 Å². The van der Waals surface area contributed by atoms with Gasteiger partial charge in [-0.05, 0) is 57.9 Å². The summed E-state index contributed by atoms with van der Waals surface area (Å²) in [7, 11) is 0. The molecule has 7 N–H and O–H groups in total. The zero-order chi connectivity index (χ0) is 29.5. The molecule has 14 nitrogen and oxygen atoms in total. The number of nitrogens with two attached hydrogens (primary N) is 1. The van der Waals surface area contributed by atoms with E-state index in [0.717, 1.165) is 19.3 Å². The Morgan fingerprint density at radius 1 is 0.575 bits per heavy atom. The molecule has 231 valence electrons. The molecule has 0 aliphatic rings. The van der Waals surface area contributed by atoms with Crippen molar-refractivity contribution in [3.8, 4) is 0 Å². The number of unbranched alkanes of at least 4 members (excludes halogenated alkanes) is 6. The van der Waals surface area contributed by atoms with Crippen LogP contribution in [0.15, 0.2) is 0 Å². The van der Waals surface area contributed by atoms with E-state index in [9.17, 15) is 39.6 Å². The summed E-state index contributed by atoms with van der Waals surface area (Å²) >= 11 is 0. The van der Waals surface area contributed by atoms with Crippen molar-refractivity contribution in [1.29, 1.82) is 0 Å². The van der Waals surface area contributed by atoms with E-state index in [-0.39, 0.29) is 74.2 Å². The molecule has 0 aromatic carbocycles. The average molecular weight is 616 g/mol. The molecule has 0 atom stereocenters. The van der Waals surface area contributed by atoms with Gasteiger partial charge in [0.05, 0.1) is 0 Å². The standard InChI is InChI=1S/C25H48N6O8.Mn/c1-21(32)29(37)18-9-3-6-16-27-22(33)12-14-25(36)31(39)20-10-4-7-17-28-23(34)11-13-24(35)30(38)19-8-2-5-15-26;/h37-39H,2-20,26H2,1H3,(H,27,33)(H,28,34);/q;+2. The van der Waals surface area contributed by atoms with Gasteiger partial charge in [-0.15, -0.1) is 0 Å². The van der Waals surface area contributed by atoms with Gasteiger partial charge in [0.2, 0.25) is 29.5 Å². The zero-order valence-electron chi connectivity index (χ0n) is 23.6. The van der Waals surface area contributed by atoms with Gasteiger partial charge in [0.1, 0.15) is 0 Å². The van der Waals surface area contributed by atoms with Crippen LogP contribution in [0.5, 0.6) is 0 Å². The third-order valence-electron chi connectivity index (χ3n) is 5.88. The van der Waals surface area contributed by atoms with E-state index in [2.05, 4.69) is 10.6 Å². The molecule has 0 aromatic heterocycles. The summed E-state index contributed by atoms with van der Waals surface area (Å²) in [5.74, 6) is -2.05. The minimum atomic E-state index is -0.548. The number of hydrogen-bond acceptors (Lipinski definition) is 9. The Kier molecular flexibility index (Phi) is 25.6. The molecule has 0 bridgehead atoms.